The summed E-state index contributed by atoms with van der Waals surface area (Å²) in [5.74, 6) is 0. The van der Waals surface area contributed by atoms with E-state index < -0.39 is 8.07 Å². The second-order valence-electron chi connectivity index (χ2n) is 12.2. The van der Waals surface area contributed by atoms with Crippen LogP contribution in [0.2, 0.25) is 0 Å². The Kier molecular flexibility index (Phi) is 7.63. The Labute approximate surface area is 291 Å². The minimum atomic E-state index is -3.14. The van der Waals surface area contributed by atoms with Crippen LogP contribution in [0.1, 0.15) is 11.1 Å². The van der Waals surface area contributed by atoms with Crippen LogP contribution in [0.15, 0.2) is 170 Å². The van der Waals surface area contributed by atoms with Crippen LogP contribution in [-0.4, -0.2) is 12.6 Å². The average molecular weight is 653 g/mol. The number of rotatable bonds is 6. The first-order chi connectivity index (χ1) is 24.7. The lowest BCUT2D eigenvalue weighted by molar-refractivity contribution is 1.18. The second kappa shape index (κ2) is 12.6. The number of fused-ring (bicyclic) bond motifs is 3. The maximum atomic E-state index is 10.4. The summed E-state index contributed by atoms with van der Waals surface area (Å²) >= 11 is 0. The highest BCUT2D eigenvalue weighted by molar-refractivity contribution is 7.20. The van der Waals surface area contributed by atoms with E-state index in [0.29, 0.717) is 16.8 Å². The van der Waals surface area contributed by atoms with Crippen LogP contribution in [0.25, 0.3) is 43.5 Å². The van der Waals surface area contributed by atoms with E-state index in [-0.39, 0.29) is 0 Å². The SMILES string of the molecule is [C-]#[N+]c1cc(C#N)cc([Si](c2ccccc2)(c2ccccc2)c2ccccc2)c1-c1cccc(-n2c3ccccc3c3cc(C#N)ccc32)c1. The molecule has 0 aliphatic heterocycles. The number of hydrogen-bond donors (Lipinski definition) is 0. The minimum Gasteiger partial charge on any atom is -0.309 e. The van der Waals surface area contributed by atoms with Crippen LogP contribution in [-0.2, 0) is 0 Å². The van der Waals surface area contributed by atoms with Crippen LogP contribution in [0.5, 0.6) is 0 Å². The molecule has 7 aromatic carbocycles. The Morgan fingerprint density at radius 2 is 1.10 bits per heavy atom. The zero-order chi connectivity index (χ0) is 34.1. The highest BCUT2D eigenvalue weighted by Crippen LogP contribution is 2.36. The Bertz CT molecular complexity index is 2580. The molecule has 0 radical (unpaired) electrons. The summed E-state index contributed by atoms with van der Waals surface area (Å²) in [6, 6.07) is 62.6. The molecule has 50 heavy (non-hydrogen) atoms. The predicted octanol–water partition coefficient (Wildman–Crippen LogP) is 8.12. The van der Waals surface area contributed by atoms with Crippen molar-refractivity contribution >= 4 is 56.3 Å². The normalized spacial score (nSPS) is 11.1. The molecule has 0 atom stereocenters. The van der Waals surface area contributed by atoms with Gasteiger partial charge >= 0.3 is 0 Å². The Morgan fingerprint density at radius 3 is 1.70 bits per heavy atom. The fourth-order valence-electron chi connectivity index (χ4n) is 7.53. The molecule has 0 N–H and O–H groups in total. The summed E-state index contributed by atoms with van der Waals surface area (Å²) in [5, 5.41) is 26.6. The van der Waals surface area contributed by atoms with Crippen LogP contribution in [0.4, 0.5) is 5.69 Å². The highest BCUT2D eigenvalue weighted by atomic mass is 28.3. The number of aromatic nitrogens is 1. The molecule has 0 unspecified atom stereocenters. The van der Waals surface area contributed by atoms with Crippen molar-refractivity contribution in [3.8, 4) is 29.0 Å². The molecule has 0 saturated heterocycles. The van der Waals surface area contributed by atoms with Crippen molar-refractivity contribution in [3.63, 3.8) is 0 Å². The lowest BCUT2D eigenvalue weighted by Crippen LogP contribution is -2.75. The monoisotopic (exact) mass is 652 g/mol. The first-order valence-corrected chi connectivity index (χ1v) is 18.3. The van der Waals surface area contributed by atoms with Crippen molar-refractivity contribution in [1.29, 1.82) is 10.5 Å². The Balaban J connectivity index is 1.49. The van der Waals surface area contributed by atoms with Crippen molar-refractivity contribution < 1.29 is 0 Å². The summed E-state index contributed by atoms with van der Waals surface area (Å²) in [4.78, 5) is 4.11. The first kappa shape index (κ1) is 30.4. The molecule has 0 aliphatic rings. The first-order valence-electron chi connectivity index (χ1n) is 16.3. The smallest absolute Gasteiger partial charge is 0.196 e. The molecule has 1 heterocycles. The van der Waals surface area contributed by atoms with E-state index in [4.69, 9.17) is 6.57 Å². The minimum absolute atomic E-state index is 0.441. The average Bonchev–Trinajstić information content (AvgIpc) is 3.53. The van der Waals surface area contributed by atoms with E-state index in [1.807, 2.05) is 60.7 Å². The van der Waals surface area contributed by atoms with Gasteiger partial charge in [-0.3, -0.25) is 0 Å². The van der Waals surface area contributed by atoms with Gasteiger partial charge in [0, 0.05) is 22.0 Å². The van der Waals surface area contributed by atoms with Crippen molar-refractivity contribution in [2.75, 3.05) is 0 Å². The summed E-state index contributed by atoms with van der Waals surface area (Å²) in [5.41, 5.74) is 6.20. The number of benzene rings is 7. The maximum absolute atomic E-state index is 10.4. The van der Waals surface area contributed by atoms with E-state index in [1.165, 1.54) is 0 Å². The highest BCUT2D eigenvalue weighted by Gasteiger charge is 2.43. The number of nitriles is 2. The van der Waals surface area contributed by atoms with Crippen LogP contribution in [0.3, 0.4) is 0 Å². The van der Waals surface area contributed by atoms with Crippen LogP contribution >= 0.6 is 0 Å². The molecule has 0 amide bonds. The fraction of sp³-hybridized carbons (Fsp3) is 0. The zero-order valence-corrected chi connectivity index (χ0v) is 28.0. The number of para-hydroxylation sites is 1. The number of hydrogen-bond acceptors (Lipinski definition) is 2. The van der Waals surface area contributed by atoms with Gasteiger partial charge in [-0.2, -0.15) is 10.5 Å². The van der Waals surface area contributed by atoms with Gasteiger partial charge in [0.1, 0.15) is 0 Å². The van der Waals surface area contributed by atoms with Crippen molar-refractivity contribution in [1.82, 2.24) is 4.57 Å². The Hall–Kier alpha value is -6.97. The quantitative estimate of drug-likeness (QED) is 0.104. The molecule has 0 spiro atoms. The molecular weight excluding hydrogens is 625 g/mol. The van der Waals surface area contributed by atoms with Gasteiger partial charge < -0.3 is 4.57 Å². The molecule has 232 valence electrons. The summed E-state index contributed by atoms with van der Waals surface area (Å²) in [6.07, 6.45) is 0. The van der Waals surface area contributed by atoms with Crippen molar-refractivity contribution in [2.45, 2.75) is 0 Å². The molecule has 5 heteroatoms. The molecule has 0 saturated carbocycles. The van der Waals surface area contributed by atoms with Gasteiger partial charge in [-0.05, 0) is 80.4 Å². The van der Waals surface area contributed by atoms with Gasteiger partial charge in [0.15, 0.2) is 13.8 Å². The lowest BCUT2D eigenvalue weighted by atomic mass is 10.0. The topological polar surface area (TPSA) is 56.9 Å². The maximum Gasteiger partial charge on any atom is 0.196 e. The molecule has 4 nitrogen and oxygen atoms in total. The van der Waals surface area contributed by atoms with Crippen LogP contribution < -0.4 is 20.7 Å². The zero-order valence-electron chi connectivity index (χ0n) is 27.0. The molecular formula is C45H28N4Si. The standard InChI is InChI=1S/C45H28N4Si/c1-48-41-27-33(31-47)28-44(50(36-16-5-2-6-17-36,37-18-7-3-8-19-37)38-20-9-4-10-21-38)45(41)34-14-13-15-35(29-34)49-42-23-12-11-22-39(42)40-26-32(30-46)24-25-43(40)49/h2-29H. The van der Waals surface area contributed by atoms with E-state index in [0.717, 1.165) is 59.4 Å². The molecule has 8 rings (SSSR count). The van der Waals surface area contributed by atoms with E-state index >= 15 is 0 Å². The number of nitrogens with zero attached hydrogens (tertiary/aromatic N) is 4. The van der Waals surface area contributed by atoms with Crippen molar-refractivity contribution in [3.05, 3.63) is 192 Å². The van der Waals surface area contributed by atoms with E-state index in [9.17, 15) is 10.5 Å². The summed E-state index contributed by atoms with van der Waals surface area (Å²) in [7, 11) is -3.14. The fourth-order valence-corrected chi connectivity index (χ4v) is 12.6. The van der Waals surface area contributed by atoms with E-state index in [2.05, 4.69) is 125 Å². The van der Waals surface area contributed by atoms with E-state index in [1.54, 1.807) is 6.07 Å². The molecule has 8 aromatic rings. The Morgan fingerprint density at radius 1 is 0.520 bits per heavy atom. The van der Waals surface area contributed by atoms with Gasteiger partial charge in [-0.25, -0.2) is 4.85 Å². The molecule has 0 fully saturated rings. The van der Waals surface area contributed by atoms with Gasteiger partial charge in [0.2, 0.25) is 0 Å². The third-order valence-corrected chi connectivity index (χ3v) is 14.4. The molecule has 1 aromatic heterocycles. The predicted molar refractivity (Wildman–Crippen MR) is 206 cm³/mol. The molecule has 0 aliphatic carbocycles. The van der Waals surface area contributed by atoms with Gasteiger partial charge in [0.05, 0.1) is 35.3 Å². The summed E-state index contributed by atoms with van der Waals surface area (Å²) < 4.78 is 2.23. The van der Waals surface area contributed by atoms with Crippen molar-refractivity contribution in [2.24, 2.45) is 0 Å². The third-order valence-electron chi connectivity index (χ3n) is 9.59. The lowest BCUT2D eigenvalue weighted by Gasteiger charge is -2.36. The van der Waals surface area contributed by atoms with Gasteiger partial charge in [-0.15, -0.1) is 0 Å². The summed E-state index contributed by atoms with van der Waals surface area (Å²) in [6.45, 7) is 8.47. The van der Waals surface area contributed by atoms with Gasteiger partial charge in [0.25, 0.3) is 0 Å². The van der Waals surface area contributed by atoms with Crippen LogP contribution in [0, 0.1) is 29.2 Å². The molecule has 0 bridgehead atoms. The second-order valence-corrected chi connectivity index (χ2v) is 16.0. The third kappa shape index (κ3) is 4.80. The van der Waals surface area contributed by atoms with Gasteiger partial charge in [-0.1, -0.05) is 121 Å². The largest absolute Gasteiger partial charge is 0.309 e.